The highest BCUT2D eigenvalue weighted by Gasteiger charge is 2.14. The van der Waals surface area contributed by atoms with Crippen molar-refractivity contribution in [1.82, 2.24) is 10.6 Å². The minimum Gasteiger partial charge on any atom is -0.452 e. The Hall–Kier alpha value is -2.34. The molecule has 0 heterocycles. The van der Waals surface area contributed by atoms with Gasteiger partial charge in [-0.05, 0) is 44.2 Å². The Bertz CT molecular complexity index is 673. The predicted octanol–water partition coefficient (Wildman–Crippen LogP) is 3.21. The summed E-state index contributed by atoms with van der Waals surface area (Å²) in [5.74, 6) is -1.42. The van der Waals surface area contributed by atoms with Gasteiger partial charge in [0.1, 0.15) is 0 Å². The van der Waals surface area contributed by atoms with Crippen molar-refractivity contribution in [2.75, 3.05) is 13.2 Å². The van der Waals surface area contributed by atoms with Crippen LogP contribution in [0, 0.1) is 0 Å². The Morgan fingerprint density at radius 1 is 1.16 bits per heavy atom. The van der Waals surface area contributed by atoms with Gasteiger partial charge in [-0.1, -0.05) is 35.4 Å². The fourth-order valence-electron chi connectivity index (χ4n) is 2.51. The maximum Gasteiger partial charge on any atom is 0.340 e. The van der Waals surface area contributed by atoms with Crippen molar-refractivity contribution in [2.24, 2.45) is 0 Å². The number of esters is 1. The summed E-state index contributed by atoms with van der Waals surface area (Å²) in [6.45, 7) is -0.0903. The van der Waals surface area contributed by atoms with Crippen molar-refractivity contribution < 1.29 is 19.1 Å². The topological polar surface area (TPSA) is 84.5 Å². The zero-order valence-corrected chi connectivity index (χ0v) is 14.6. The minimum atomic E-state index is -0.717. The van der Waals surface area contributed by atoms with Gasteiger partial charge in [-0.2, -0.15) is 0 Å². The lowest BCUT2D eigenvalue weighted by Gasteiger charge is -2.13. The first kappa shape index (κ1) is 19.0. The summed E-state index contributed by atoms with van der Waals surface area (Å²) in [6.07, 6.45) is 7.56. The molecular formula is C18H21ClN2O4. The van der Waals surface area contributed by atoms with Gasteiger partial charge in [0.15, 0.2) is 6.61 Å². The number of amides is 3. The summed E-state index contributed by atoms with van der Waals surface area (Å²) in [5, 5.41) is 4.98. The number of imide groups is 1. The maximum atomic E-state index is 11.8. The summed E-state index contributed by atoms with van der Waals surface area (Å²) in [7, 11) is 0. The average molecular weight is 365 g/mol. The third-order valence-electron chi connectivity index (χ3n) is 3.80. The molecule has 1 aliphatic carbocycles. The molecule has 0 spiro atoms. The van der Waals surface area contributed by atoms with Crippen LogP contribution in [-0.4, -0.2) is 31.1 Å². The van der Waals surface area contributed by atoms with Gasteiger partial charge >= 0.3 is 12.0 Å². The molecule has 0 aliphatic heterocycles. The van der Waals surface area contributed by atoms with E-state index in [4.69, 9.17) is 16.3 Å². The Kier molecular flexibility index (Phi) is 7.47. The Morgan fingerprint density at radius 3 is 2.68 bits per heavy atom. The van der Waals surface area contributed by atoms with E-state index in [1.54, 1.807) is 18.2 Å². The predicted molar refractivity (Wildman–Crippen MR) is 94.4 cm³/mol. The number of nitrogens with one attached hydrogen (secondary N) is 2. The number of ether oxygens (including phenoxy) is 1. The van der Waals surface area contributed by atoms with Crippen LogP contribution in [0.1, 0.15) is 42.5 Å². The summed E-state index contributed by atoms with van der Waals surface area (Å²) in [6, 6.07) is 5.76. The van der Waals surface area contributed by atoms with Crippen molar-refractivity contribution in [1.29, 1.82) is 0 Å². The molecule has 0 aromatic heterocycles. The second kappa shape index (κ2) is 9.84. The van der Waals surface area contributed by atoms with Crippen molar-refractivity contribution in [2.45, 2.75) is 32.1 Å². The van der Waals surface area contributed by atoms with Gasteiger partial charge in [0.2, 0.25) is 0 Å². The van der Waals surface area contributed by atoms with E-state index in [1.807, 2.05) is 0 Å². The largest absolute Gasteiger partial charge is 0.452 e. The van der Waals surface area contributed by atoms with Gasteiger partial charge in [-0.3, -0.25) is 10.1 Å². The normalized spacial score (nSPS) is 13.6. The molecule has 1 aromatic rings. The molecule has 134 valence electrons. The molecule has 0 bridgehead atoms. The summed E-state index contributed by atoms with van der Waals surface area (Å²) >= 11 is 5.87. The maximum absolute atomic E-state index is 11.8. The van der Waals surface area contributed by atoms with E-state index in [1.165, 1.54) is 24.5 Å². The first-order valence-electron chi connectivity index (χ1n) is 8.23. The van der Waals surface area contributed by atoms with Crippen molar-refractivity contribution in [3.05, 3.63) is 46.5 Å². The fourth-order valence-corrected chi connectivity index (χ4v) is 2.72. The number of benzene rings is 1. The molecule has 7 heteroatoms. The van der Waals surface area contributed by atoms with Crippen LogP contribution in [0.3, 0.4) is 0 Å². The summed E-state index contributed by atoms with van der Waals surface area (Å²) < 4.78 is 4.85. The Balaban J connectivity index is 1.65. The highest BCUT2D eigenvalue weighted by molar-refractivity contribution is 6.33. The van der Waals surface area contributed by atoms with E-state index < -0.39 is 24.5 Å². The van der Waals surface area contributed by atoms with Crippen LogP contribution in [0.5, 0.6) is 0 Å². The van der Waals surface area contributed by atoms with Crippen LogP contribution in [-0.2, 0) is 9.53 Å². The number of hydrogen-bond donors (Lipinski definition) is 2. The zero-order valence-electron chi connectivity index (χ0n) is 13.8. The molecular weight excluding hydrogens is 344 g/mol. The van der Waals surface area contributed by atoms with Gasteiger partial charge in [0.25, 0.3) is 5.91 Å². The zero-order chi connectivity index (χ0) is 18.1. The molecule has 0 saturated heterocycles. The van der Waals surface area contributed by atoms with Gasteiger partial charge in [0.05, 0.1) is 10.6 Å². The molecule has 0 atom stereocenters. The summed E-state index contributed by atoms with van der Waals surface area (Å²) in [5.41, 5.74) is 1.51. The molecule has 2 rings (SSSR count). The Labute approximate surface area is 151 Å². The molecule has 0 radical (unpaired) electrons. The van der Waals surface area contributed by atoms with E-state index in [9.17, 15) is 14.4 Å². The number of allylic oxidation sites excluding steroid dienone is 1. The lowest BCUT2D eigenvalue weighted by Crippen LogP contribution is -2.41. The monoisotopic (exact) mass is 364 g/mol. The Morgan fingerprint density at radius 2 is 1.96 bits per heavy atom. The fraction of sp³-hybridized carbons (Fsp3) is 0.389. The molecule has 2 N–H and O–H groups in total. The quantitative estimate of drug-likeness (QED) is 0.599. The van der Waals surface area contributed by atoms with Crippen LogP contribution in [0.4, 0.5) is 4.79 Å². The third-order valence-corrected chi connectivity index (χ3v) is 4.13. The van der Waals surface area contributed by atoms with Crippen LogP contribution < -0.4 is 10.6 Å². The first-order valence-corrected chi connectivity index (χ1v) is 8.61. The number of carbonyl (C=O) groups excluding carboxylic acids is 3. The first-order chi connectivity index (χ1) is 12.1. The molecule has 1 aliphatic rings. The van der Waals surface area contributed by atoms with E-state index in [-0.39, 0.29) is 10.6 Å². The second-order valence-electron chi connectivity index (χ2n) is 5.72. The van der Waals surface area contributed by atoms with Gasteiger partial charge in [0, 0.05) is 6.54 Å². The van der Waals surface area contributed by atoms with Crippen molar-refractivity contribution in [3.63, 3.8) is 0 Å². The summed E-state index contributed by atoms with van der Waals surface area (Å²) in [4.78, 5) is 35.1. The van der Waals surface area contributed by atoms with E-state index >= 15 is 0 Å². The number of rotatable bonds is 6. The molecule has 25 heavy (non-hydrogen) atoms. The van der Waals surface area contributed by atoms with E-state index in [0.717, 1.165) is 19.3 Å². The number of hydrogen-bond acceptors (Lipinski definition) is 4. The van der Waals surface area contributed by atoms with Gasteiger partial charge in [-0.25, -0.2) is 9.59 Å². The smallest absolute Gasteiger partial charge is 0.340 e. The van der Waals surface area contributed by atoms with Crippen LogP contribution in [0.2, 0.25) is 5.02 Å². The average Bonchev–Trinajstić information content (AvgIpc) is 2.61. The lowest BCUT2D eigenvalue weighted by atomic mass is 9.97. The number of carbonyl (C=O) groups is 3. The lowest BCUT2D eigenvalue weighted by molar-refractivity contribution is -0.123. The highest BCUT2D eigenvalue weighted by atomic mass is 35.5. The number of halogens is 1. The molecule has 6 nitrogen and oxygen atoms in total. The second-order valence-corrected chi connectivity index (χ2v) is 6.13. The molecule has 0 saturated carbocycles. The van der Waals surface area contributed by atoms with Crippen LogP contribution in [0.15, 0.2) is 35.9 Å². The van der Waals surface area contributed by atoms with Gasteiger partial charge < -0.3 is 10.1 Å². The van der Waals surface area contributed by atoms with E-state index in [2.05, 4.69) is 16.7 Å². The molecule has 1 aromatic carbocycles. The SMILES string of the molecule is O=C(COC(=O)c1ccccc1Cl)NC(=O)NCCC1=CCCCC1. The van der Waals surface area contributed by atoms with Crippen molar-refractivity contribution in [3.8, 4) is 0 Å². The van der Waals surface area contributed by atoms with E-state index in [0.29, 0.717) is 6.54 Å². The van der Waals surface area contributed by atoms with Crippen molar-refractivity contribution >= 4 is 29.5 Å². The molecule has 0 fully saturated rings. The molecule has 3 amide bonds. The highest BCUT2D eigenvalue weighted by Crippen LogP contribution is 2.19. The third kappa shape index (κ3) is 6.58. The van der Waals surface area contributed by atoms with Gasteiger partial charge in [-0.15, -0.1) is 0 Å². The molecule has 0 unspecified atom stereocenters. The van der Waals surface area contributed by atoms with Crippen LogP contribution >= 0.6 is 11.6 Å². The number of urea groups is 1. The minimum absolute atomic E-state index is 0.169. The van der Waals surface area contributed by atoms with Crippen LogP contribution in [0.25, 0.3) is 0 Å². The standard InChI is InChI=1S/C18H21ClN2O4/c19-15-9-5-4-8-14(15)17(23)25-12-16(22)21-18(24)20-11-10-13-6-2-1-3-7-13/h4-6,8-9H,1-3,7,10-12H2,(H2,20,21,22,24).